The van der Waals surface area contributed by atoms with E-state index in [4.69, 9.17) is 11.1 Å². The Morgan fingerprint density at radius 1 is 1.28 bits per heavy atom. The van der Waals surface area contributed by atoms with Gasteiger partial charge in [0.25, 0.3) is 5.91 Å². The highest BCUT2D eigenvalue weighted by molar-refractivity contribution is 7.12. The topological polar surface area (TPSA) is 70.2 Å². The zero-order valence-electron chi connectivity index (χ0n) is 9.63. The van der Waals surface area contributed by atoms with Crippen molar-refractivity contribution >= 4 is 34.5 Å². The summed E-state index contributed by atoms with van der Waals surface area (Å²) in [6.45, 7) is 0.437. The number of nitrogens with two attached hydrogens (primary N) is 1. The minimum Gasteiger partial charge on any atom is -0.370 e. The van der Waals surface area contributed by atoms with Crippen LogP contribution >= 0.6 is 22.7 Å². The molecule has 2 aromatic rings. The molecule has 0 saturated heterocycles. The van der Waals surface area contributed by atoms with Gasteiger partial charge in [0.05, 0.1) is 4.88 Å². The summed E-state index contributed by atoms with van der Waals surface area (Å²) in [5.41, 5.74) is 5.48. The van der Waals surface area contributed by atoms with E-state index in [9.17, 15) is 4.79 Å². The maximum atomic E-state index is 12.1. The predicted molar refractivity (Wildman–Crippen MR) is 75.3 cm³/mol. The van der Waals surface area contributed by atoms with E-state index in [0.717, 1.165) is 0 Å². The van der Waals surface area contributed by atoms with Crippen LogP contribution in [0.5, 0.6) is 0 Å². The van der Waals surface area contributed by atoms with Crippen LogP contribution in [0.4, 0.5) is 0 Å². The van der Waals surface area contributed by atoms with E-state index in [0.29, 0.717) is 17.8 Å². The number of carbonyl (C=O) groups excluding carboxylic acids is 1. The number of carbonyl (C=O) groups is 1. The minimum absolute atomic E-state index is 0.200. The Kier molecular flexibility index (Phi) is 4.11. The maximum absolute atomic E-state index is 12.1. The Labute approximate surface area is 113 Å². The molecule has 0 unspecified atom stereocenters. The van der Waals surface area contributed by atoms with Crippen LogP contribution < -0.4 is 5.73 Å². The van der Waals surface area contributed by atoms with Crippen molar-refractivity contribution in [2.24, 2.45) is 5.73 Å². The van der Waals surface area contributed by atoms with Crippen molar-refractivity contribution < 1.29 is 4.79 Å². The fourth-order valence-electron chi connectivity index (χ4n) is 1.54. The normalized spacial score (nSPS) is 10.2. The van der Waals surface area contributed by atoms with Crippen LogP contribution in [0.3, 0.4) is 0 Å². The van der Waals surface area contributed by atoms with Gasteiger partial charge in [-0.25, -0.2) is 0 Å². The average Bonchev–Trinajstić information content (AvgIpc) is 3.01. The van der Waals surface area contributed by atoms with Crippen LogP contribution in [0.1, 0.15) is 14.5 Å². The molecule has 0 radical (unpaired) electrons. The van der Waals surface area contributed by atoms with Gasteiger partial charge in [-0.1, -0.05) is 12.1 Å². The van der Waals surface area contributed by atoms with Crippen LogP contribution in [0.15, 0.2) is 35.0 Å². The first-order valence-corrected chi connectivity index (χ1v) is 7.16. The Morgan fingerprint density at radius 3 is 2.56 bits per heavy atom. The molecule has 0 aliphatic heterocycles. The van der Waals surface area contributed by atoms with E-state index in [1.54, 1.807) is 17.4 Å². The number of guanidine groups is 1. The number of thiophene rings is 2. The summed E-state index contributed by atoms with van der Waals surface area (Å²) in [4.78, 5) is 15.2. The first kappa shape index (κ1) is 12.8. The van der Waals surface area contributed by atoms with Crippen molar-refractivity contribution in [3.63, 3.8) is 0 Å². The Hall–Kier alpha value is -1.66. The smallest absolute Gasteiger partial charge is 0.270 e. The molecule has 3 N–H and O–H groups in total. The molecule has 2 heterocycles. The van der Waals surface area contributed by atoms with Crippen molar-refractivity contribution in [2.75, 3.05) is 6.54 Å². The van der Waals surface area contributed by atoms with E-state index in [1.165, 1.54) is 21.1 Å². The number of hydrogen-bond acceptors (Lipinski definition) is 4. The SMILES string of the molecule is N=C(N)N(CCc1cccs1)C(=O)c1cccs1. The van der Waals surface area contributed by atoms with E-state index in [2.05, 4.69) is 0 Å². The summed E-state index contributed by atoms with van der Waals surface area (Å²) >= 11 is 3.00. The largest absolute Gasteiger partial charge is 0.370 e. The van der Waals surface area contributed by atoms with Crippen molar-refractivity contribution in [1.82, 2.24) is 4.90 Å². The number of nitrogens with zero attached hydrogens (tertiary/aromatic N) is 1. The fourth-order valence-corrected chi connectivity index (χ4v) is 2.91. The lowest BCUT2D eigenvalue weighted by Crippen LogP contribution is -2.42. The monoisotopic (exact) mass is 279 g/mol. The summed E-state index contributed by atoms with van der Waals surface area (Å²) in [6.07, 6.45) is 0.717. The van der Waals surface area contributed by atoms with Gasteiger partial charge in [-0.05, 0) is 29.3 Å². The van der Waals surface area contributed by atoms with Crippen molar-refractivity contribution in [3.05, 3.63) is 44.8 Å². The lowest BCUT2D eigenvalue weighted by molar-refractivity contribution is 0.0850. The summed E-state index contributed by atoms with van der Waals surface area (Å²) < 4.78 is 0. The summed E-state index contributed by atoms with van der Waals surface area (Å²) in [6, 6.07) is 7.54. The van der Waals surface area contributed by atoms with Gasteiger partial charge in [0.15, 0.2) is 5.96 Å². The van der Waals surface area contributed by atoms with Crippen molar-refractivity contribution in [3.8, 4) is 0 Å². The maximum Gasteiger partial charge on any atom is 0.270 e. The second kappa shape index (κ2) is 5.79. The molecule has 0 aliphatic rings. The lowest BCUT2D eigenvalue weighted by Gasteiger charge is -2.19. The standard InChI is InChI=1S/C12H13N3OS2/c13-12(14)15(6-5-9-3-1-7-17-9)11(16)10-4-2-8-18-10/h1-4,7-8H,5-6H2,(H3,13,14). The summed E-state index contributed by atoms with van der Waals surface area (Å²) in [5.74, 6) is -0.404. The molecule has 2 aromatic heterocycles. The van der Waals surface area contributed by atoms with Gasteiger partial charge in [-0.2, -0.15) is 0 Å². The molecular weight excluding hydrogens is 266 g/mol. The molecule has 0 fully saturated rings. The molecular formula is C12H13N3OS2. The van der Waals surface area contributed by atoms with Gasteiger partial charge in [0, 0.05) is 11.4 Å². The Bertz CT molecular complexity index is 520. The summed E-state index contributed by atoms with van der Waals surface area (Å²) in [7, 11) is 0. The molecule has 0 bridgehead atoms. The lowest BCUT2D eigenvalue weighted by atomic mass is 10.3. The predicted octanol–water partition coefficient (Wildman–Crippen LogP) is 2.39. The van der Waals surface area contributed by atoms with E-state index in [1.807, 2.05) is 29.0 Å². The van der Waals surface area contributed by atoms with E-state index < -0.39 is 0 Å². The van der Waals surface area contributed by atoms with Gasteiger partial charge in [0.1, 0.15) is 0 Å². The quantitative estimate of drug-likeness (QED) is 0.666. The molecule has 1 amide bonds. The molecule has 0 saturated carbocycles. The Balaban J connectivity index is 2.04. The highest BCUT2D eigenvalue weighted by atomic mass is 32.1. The number of rotatable bonds is 4. The molecule has 4 nitrogen and oxygen atoms in total. The number of hydrogen-bond donors (Lipinski definition) is 2. The van der Waals surface area contributed by atoms with E-state index >= 15 is 0 Å². The van der Waals surface area contributed by atoms with Crippen LogP contribution in [0, 0.1) is 5.41 Å². The second-order valence-corrected chi connectivity index (χ2v) is 5.63. The second-order valence-electron chi connectivity index (χ2n) is 3.65. The average molecular weight is 279 g/mol. The van der Waals surface area contributed by atoms with Crippen LogP contribution in [-0.4, -0.2) is 23.3 Å². The number of amides is 1. The van der Waals surface area contributed by atoms with Crippen LogP contribution in [0.25, 0.3) is 0 Å². The third-order valence-electron chi connectivity index (χ3n) is 2.43. The third kappa shape index (κ3) is 2.96. The first-order valence-electron chi connectivity index (χ1n) is 5.40. The van der Waals surface area contributed by atoms with Gasteiger partial charge in [-0.3, -0.25) is 15.1 Å². The van der Waals surface area contributed by atoms with Crippen molar-refractivity contribution in [1.29, 1.82) is 5.41 Å². The van der Waals surface area contributed by atoms with Gasteiger partial charge >= 0.3 is 0 Å². The molecule has 2 rings (SSSR count). The van der Waals surface area contributed by atoms with Gasteiger partial charge in [-0.15, -0.1) is 22.7 Å². The number of nitrogens with one attached hydrogen (secondary N) is 1. The molecule has 0 aliphatic carbocycles. The molecule has 0 spiro atoms. The Morgan fingerprint density at radius 2 is 2.00 bits per heavy atom. The van der Waals surface area contributed by atoms with E-state index in [-0.39, 0.29) is 11.9 Å². The summed E-state index contributed by atoms with van der Waals surface area (Å²) in [5, 5.41) is 11.3. The zero-order valence-corrected chi connectivity index (χ0v) is 11.3. The van der Waals surface area contributed by atoms with Gasteiger partial charge < -0.3 is 5.73 Å². The third-order valence-corrected chi connectivity index (χ3v) is 4.22. The molecule has 18 heavy (non-hydrogen) atoms. The fraction of sp³-hybridized carbons (Fsp3) is 0.167. The van der Waals surface area contributed by atoms with Crippen LogP contribution in [-0.2, 0) is 6.42 Å². The zero-order chi connectivity index (χ0) is 13.0. The molecule has 0 aromatic carbocycles. The highest BCUT2D eigenvalue weighted by Crippen LogP contribution is 2.14. The molecule has 0 atom stereocenters. The molecule has 94 valence electrons. The highest BCUT2D eigenvalue weighted by Gasteiger charge is 2.18. The molecule has 6 heteroatoms. The first-order chi connectivity index (χ1) is 8.68. The van der Waals surface area contributed by atoms with Crippen molar-refractivity contribution in [2.45, 2.75) is 6.42 Å². The van der Waals surface area contributed by atoms with Crippen LogP contribution in [0.2, 0.25) is 0 Å². The minimum atomic E-state index is -0.204. The van der Waals surface area contributed by atoms with Gasteiger partial charge in [0.2, 0.25) is 0 Å².